The van der Waals surface area contributed by atoms with Crippen LogP contribution in [0.2, 0.25) is 0 Å². The standard InChI is InChI=1S/C16H28N4/c1-6-17-13-12(2)14(20-10-8-7-9-11-20)19-15(18-13)16(3,4)5/h6-11H2,1-5H3,(H,17,18,19). The van der Waals surface area contributed by atoms with E-state index in [1.165, 1.54) is 24.8 Å². The molecule has 112 valence electrons. The Morgan fingerprint density at radius 2 is 1.75 bits per heavy atom. The third-order valence-corrected chi connectivity index (χ3v) is 3.79. The Kier molecular flexibility index (Phi) is 4.51. The molecule has 1 aromatic rings. The number of anilines is 2. The van der Waals surface area contributed by atoms with Gasteiger partial charge in [0.1, 0.15) is 17.5 Å². The lowest BCUT2D eigenvalue weighted by atomic mass is 9.95. The first-order valence-corrected chi connectivity index (χ1v) is 7.81. The van der Waals surface area contributed by atoms with Crippen molar-refractivity contribution < 1.29 is 0 Å². The smallest absolute Gasteiger partial charge is 0.138 e. The predicted octanol–water partition coefficient (Wildman–Crippen LogP) is 3.50. The molecule has 0 aromatic carbocycles. The molecule has 2 rings (SSSR count). The van der Waals surface area contributed by atoms with Gasteiger partial charge in [0.05, 0.1) is 0 Å². The van der Waals surface area contributed by atoms with Crippen LogP contribution in [-0.2, 0) is 5.41 Å². The van der Waals surface area contributed by atoms with Crippen molar-refractivity contribution in [3.63, 3.8) is 0 Å². The van der Waals surface area contributed by atoms with Crippen molar-refractivity contribution in [1.29, 1.82) is 0 Å². The highest BCUT2D eigenvalue weighted by atomic mass is 15.2. The van der Waals surface area contributed by atoms with Crippen LogP contribution in [0.15, 0.2) is 0 Å². The van der Waals surface area contributed by atoms with Gasteiger partial charge in [0.15, 0.2) is 0 Å². The number of aromatic nitrogens is 2. The van der Waals surface area contributed by atoms with Gasteiger partial charge < -0.3 is 10.2 Å². The molecule has 2 heterocycles. The van der Waals surface area contributed by atoms with Gasteiger partial charge in [0.25, 0.3) is 0 Å². The zero-order valence-corrected chi connectivity index (χ0v) is 13.6. The van der Waals surface area contributed by atoms with Gasteiger partial charge in [0.2, 0.25) is 0 Å². The second-order valence-electron chi connectivity index (χ2n) is 6.67. The highest BCUT2D eigenvalue weighted by Crippen LogP contribution is 2.29. The van der Waals surface area contributed by atoms with Crippen LogP contribution in [0.1, 0.15) is 58.3 Å². The molecule has 1 aliphatic heterocycles. The van der Waals surface area contributed by atoms with Gasteiger partial charge in [-0.15, -0.1) is 0 Å². The maximum atomic E-state index is 4.88. The maximum Gasteiger partial charge on any atom is 0.138 e. The van der Waals surface area contributed by atoms with E-state index in [9.17, 15) is 0 Å². The molecule has 4 nitrogen and oxygen atoms in total. The number of hydrogen-bond acceptors (Lipinski definition) is 4. The van der Waals surface area contributed by atoms with E-state index in [0.717, 1.165) is 37.1 Å². The summed E-state index contributed by atoms with van der Waals surface area (Å²) < 4.78 is 0. The summed E-state index contributed by atoms with van der Waals surface area (Å²) >= 11 is 0. The van der Waals surface area contributed by atoms with Crippen molar-refractivity contribution in [3.05, 3.63) is 11.4 Å². The first kappa shape index (κ1) is 15.1. The van der Waals surface area contributed by atoms with Crippen molar-refractivity contribution >= 4 is 11.6 Å². The highest BCUT2D eigenvalue weighted by molar-refractivity contribution is 5.59. The molecule has 0 saturated carbocycles. The fourth-order valence-corrected chi connectivity index (χ4v) is 2.59. The van der Waals surface area contributed by atoms with Crippen molar-refractivity contribution in [3.8, 4) is 0 Å². The summed E-state index contributed by atoms with van der Waals surface area (Å²) in [6.45, 7) is 13.9. The zero-order valence-electron chi connectivity index (χ0n) is 13.6. The van der Waals surface area contributed by atoms with E-state index < -0.39 is 0 Å². The minimum Gasteiger partial charge on any atom is -0.370 e. The summed E-state index contributed by atoms with van der Waals surface area (Å²) in [4.78, 5) is 12.1. The van der Waals surface area contributed by atoms with Crippen LogP contribution >= 0.6 is 0 Å². The molecule has 0 bridgehead atoms. The fraction of sp³-hybridized carbons (Fsp3) is 0.750. The van der Waals surface area contributed by atoms with Crippen LogP contribution in [0.25, 0.3) is 0 Å². The van der Waals surface area contributed by atoms with Crippen LogP contribution in [0.3, 0.4) is 0 Å². The lowest BCUT2D eigenvalue weighted by Gasteiger charge is -2.31. The Hall–Kier alpha value is -1.32. The van der Waals surface area contributed by atoms with Crippen LogP contribution in [0.5, 0.6) is 0 Å². The summed E-state index contributed by atoms with van der Waals surface area (Å²) in [5, 5.41) is 3.39. The third kappa shape index (κ3) is 3.22. The highest BCUT2D eigenvalue weighted by Gasteiger charge is 2.24. The second kappa shape index (κ2) is 5.98. The van der Waals surface area contributed by atoms with Crippen LogP contribution in [0.4, 0.5) is 11.6 Å². The molecule has 0 atom stereocenters. The number of rotatable bonds is 3. The minimum absolute atomic E-state index is 0.0254. The third-order valence-electron chi connectivity index (χ3n) is 3.79. The van der Waals surface area contributed by atoms with Gasteiger partial charge in [0, 0.05) is 30.6 Å². The van der Waals surface area contributed by atoms with E-state index in [0.29, 0.717) is 0 Å². The second-order valence-corrected chi connectivity index (χ2v) is 6.67. The summed E-state index contributed by atoms with van der Waals surface area (Å²) in [7, 11) is 0. The molecule has 20 heavy (non-hydrogen) atoms. The van der Waals surface area contributed by atoms with Gasteiger partial charge in [-0.25, -0.2) is 9.97 Å². The Bertz CT molecular complexity index is 456. The summed E-state index contributed by atoms with van der Waals surface area (Å²) in [5.41, 5.74) is 1.16. The number of nitrogens with one attached hydrogen (secondary N) is 1. The number of nitrogens with zero attached hydrogens (tertiary/aromatic N) is 3. The van der Waals surface area contributed by atoms with Crippen molar-refractivity contribution in [2.45, 2.75) is 59.3 Å². The molecule has 0 amide bonds. The molecule has 0 aliphatic carbocycles. The Morgan fingerprint density at radius 1 is 1.10 bits per heavy atom. The quantitative estimate of drug-likeness (QED) is 0.917. The molecule has 0 unspecified atom stereocenters. The molecule has 1 aliphatic rings. The van der Waals surface area contributed by atoms with E-state index in [2.05, 4.69) is 44.8 Å². The zero-order chi connectivity index (χ0) is 14.8. The number of hydrogen-bond donors (Lipinski definition) is 1. The molecule has 0 radical (unpaired) electrons. The molecular weight excluding hydrogens is 248 g/mol. The van der Waals surface area contributed by atoms with Crippen molar-refractivity contribution in [2.24, 2.45) is 0 Å². The summed E-state index contributed by atoms with van der Waals surface area (Å²) in [6.07, 6.45) is 3.88. The largest absolute Gasteiger partial charge is 0.370 e. The van der Waals surface area contributed by atoms with E-state index in [4.69, 9.17) is 9.97 Å². The lowest BCUT2D eigenvalue weighted by Crippen LogP contribution is -2.32. The molecule has 1 saturated heterocycles. The van der Waals surface area contributed by atoms with Gasteiger partial charge in [-0.2, -0.15) is 0 Å². The van der Waals surface area contributed by atoms with E-state index in [-0.39, 0.29) is 5.41 Å². The van der Waals surface area contributed by atoms with E-state index in [1.54, 1.807) is 0 Å². The maximum absolute atomic E-state index is 4.88. The molecule has 4 heteroatoms. The SMILES string of the molecule is CCNc1nc(C(C)(C)C)nc(N2CCCCC2)c1C. The summed E-state index contributed by atoms with van der Waals surface area (Å²) in [6, 6.07) is 0. The van der Waals surface area contributed by atoms with Crippen molar-refractivity contribution in [2.75, 3.05) is 29.9 Å². The minimum atomic E-state index is -0.0254. The van der Waals surface area contributed by atoms with Gasteiger partial charge >= 0.3 is 0 Å². The molecular formula is C16H28N4. The predicted molar refractivity (Wildman–Crippen MR) is 85.7 cm³/mol. The van der Waals surface area contributed by atoms with Crippen LogP contribution in [-0.4, -0.2) is 29.6 Å². The average Bonchev–Trinajstić information content (AvgIpc) is 2.41. The molecule has 0 spiro atoms. The number of piperidine rings is 1. The van der Waals surface area contributed by atoms with Crippen LogP contribution < -0.4 is 10.2 Å². The molecule has 1 aromatic heterocycles. The van der Waals surface area contributed by atoms with Gasteiger partial charge in [-0.1, -0.05) is 20.8 Å². The normalized spacial score (nSPS) is 16.4. The average molecular weight is 276 g/mol. The summed E-state index contributed by atoms with van der Waals surface area (Å²) in [5.74, 6) is 3.05. The van der Waals surface area contributed by atoms with Crippen LogP contribution in [0, 0.1) is 6.92 Å². The molecule has 1 fully saturated rings. The fourth-order valence-electron chi connectivity index (χ4n) is 2.59. The lowest BCUT2D eigenvalue weighted by molar-refractivity contribution is 0.535. The Balaban J connectivity index is 2.44. The van der Waals surface area contributed by atoms with Crippen molar-refractivity contribution in [1.82, 2.24) is 9.97 Å². The molecule has 1 N–H and O–H groups in total. The monoisotopic (exact) mass is 276 g/mol. The van der Waals surface area contributed by atoms with E-state index in [1.807, 2.05) is 0 Å². The van der Waals surface area contributed by atoms with Gasteiger partial charge in [-0.05, 0) is 33.1 Å². The Morgan fingerprint density at radius 3 is 2.30 bits per heavy atom. The topological polar surface area (TPSA) is 41.1 Å². The van der Waals surface area contributed by atoms with Gasteiger partial charge in [-0.3, -0.25) is 0 Å². The first-order valence-electron chi connectivity index (χ1n) is 7.81. The Labute approximate surface area is 123 Å². The van der Waals surface area contributed by atoms with E-state index >= 15 is 0 Å². The first-order chi connectivity index (χ1) is 9.43.